The summed E-state index contributed by atoms with van der Waals surface area (Å²) < 4.78 is 5.42. The van der Waals surface area contributed by atoms with Crippen LogP contribution in [0.15, 0.2) is 24.3 Å². The van der Waals surface area contributed by atoms with Crippen molar-refractivity contribution in [3.8, 4) is 0 Å². The minimum atomic E-state index is 0.0974. The number of rotatable bonds is 2. The van der Waals surface area contributed by atoms with E-state index in [1.807, 2.05) is 28.0 Å². The third kappa shape index (κ3) is 3.43. The second-order valence-corrected chi connectivity index (χ2v) is 7.63. The number of ether oxygens (including phenoxy) is 1. The molecule has 1 aromatic carbocycles. The first kappa shape index (κ1) is 17.3. The average Bonchev–Trinajstić information content (AvgIpc) is 3.01. The van der Waals surface area contributed by atoms with E-state index >= 15 is 0 Å². The van der Waals surface area contributed by atoms with Gasteiger partial charge in [0.05, 0.1) is 13.2 Å². The van der Waals surface area contributed by atoms with Gasteiger partial charge in [0.1, 0.15) is 0 Å². The molecule has 140 valence electrons. The van der Waals surface area contributed by atoms with Gasteiger partial charge in [0, 0.05) is 56.9 Å². The summed E-state index contributed by atoms with van der Waals surface area (Å²) in [5.74, 6) is 0.606. The fraction of sp³-hybridized carbons (Fsp3) is 0.600. The molecule has 4 saturated heterocycles. The number of piperidine rings is 1. The largest absolute Gasteiger partial charge is 0.378 e. The molecule has 4 aliphatic rings. The lowest BCUT2D eigenvalue weighted by molar-refractivity contribution is -0.129. The Kier molecular flexibility index (Phi) is 4.85. The molecule has 4 heterocycles. The van der Waals surface area contributed by atoms with Crippen molar-refractivity contribution in [2.75, 3.05) is 50.8 Å². The number of carbonyl (C=O) groups is 2. The van der Waals surface area contributed by atoms with E-state index in [0.29, 0.717) is 12.5 Å². The maximum Gasteiger partial charge on any atom is 0.254 e. The molecule has 2 amide bonds. The molecule has 6 heteroatoms. The molecule has 0 aliphatic carbocycles. The predicted molar refractivity (Wildman–Crippen MR) is 99.3 cm³/mol. The summed E-state index contributed by atoms with van der Waals surface area (Å²) in [4.78, 5) is 31.3. The van der Waals surface area contributed by atoms with Gasteiger partial charge in [-0.2, -0.15) is 0 Å². The van der Waals surface area contributed by atoms with E-state index in [2.05, 4.69) is 11.0 Å². The normalized spacial score (nSPS) is 26.0. The standard InChI is InChI=1S/C20H27N3O3/c1-15(24)22-12-16-5-6-19(14-22)23(13-16)20(25)17-3-2-4-18(11-17)21-7-9-26-10-8-21/h2-4,11,16,19H,5-10,12-14H2,1H3/t16-,19+/m1/s1. The summed E-state index contributed by atoms with van der Waals surface area (Å²) in [6.45, 7) is 7.02. The van der Waals surface area contributed by atoms with Crippen LogP contribution in [0.25, 0.3) is 0 Å². The molecule has 0 saturated carbocycles. The van der Waals surface area contributed by atoms with Gasteiger partial charge in [-0.1, -0.05) is 6.07 Å². The first-order valence-corrected chi connectivity index (χ1v) is 9.61. The monoisotopic (exact) mass is 357 g/mol. The zero-order chi connectivity index (χ0) is 18.1. The van der Waals surface area contributed by atoms with Crippen molar-refractivity contribution in [2.24, 2.45) is 5.92 Å². The zero-order valence-electron chi connectivity index (χ0n) is 15.4. The molecule has 26 heavy (non-hydrogen) atoms. The van der Waals surface area contributed by atoms with Crippen LogP contribution in [0.5, 0.6) is 0 Å². The summed E-state index contributed by atoms with van der Waals surface area (Å²) in [5.41, 5.74) is 1.83. The predicted octanol–water partition coefficient (Wildman–Crippen LogP) is 1.61. The van der Waals surface area contributed by atoms with Gasteiger partial charge in [-0.15, -0.1) is 0 Å². The van der Waals surface area contributed by atoms with E-state index in [1.54, 1.807) is 6.92 Å². The fourth-order valence-electron chi connectivity index (χ4n) is 4.41. The molecule has 0 N–H and O–H groups in total. The lowest BCUT2D eigenvalue weighted by Gasteiger charge is -2.36. The fourth-order valence-corrected chi connectivity index (χ4v) is 4.41. The van der Waals surface area contributed by atoms with Gasteiger partial charge in [0.15, 0.2) is 0 Å². The van der Waals surface area contributed by atoms with Gasteiger partial charge in [0.25, 0.3) is 5.91 Å². The van der Waals surface area contributed by atoms with Crippen LogP contribution in [0.1, 0.15) is 30.1 Å². The van der Waals surface area contributed by atoms with Crippen LogP contribution in [0.4, 0.5) is 5.69 Å². The van der Waals surface area contributed by atoms with Gasteiger partial charge < -0.3 is 19.4 Å². The molecular formula is C20H27N3O3. The van der Waals surface area contributed by atoms with Crippen molar-refractivity contribution in [1.29, 1.82) is 0 Å². The van der Waals surface area contributed by atoms with Gasteiger partial charge >= 0.3 is 0 Å². The van der Waals surface area contributed by atoms with Crippen molar-refractivity contribution >= 4 is 17.5 Å². The second kappa shape index (κ2) is 7.27. The summed E-state index contributed by atoms with van der Waals surface area (Å²) in [7, 11) is 0. The van der Waals surface area contributed by atoms with Crippen LogP contribution in [0, 0.1) is 5.92 Å². The molecule has 6 nitrogen and oxygen atoms in total. The highest BCUT2D eigenvalue weighted by Crippen LogP contribution is 2.30. The van der Waals surface area contributed by atoms with E-state index in [4.69, 9.17) is 4.74 Å². The summed E-state index contributed by atoms with van der Waals surface area (Å²) in [5, 5.41) is 0. The van der Waals surface area contributed by atoms with Crippen LogP contribution in [0.2, 0.25) is 0 Å². The molecule has 0 spiro atoms. The molecule has 2 bridgehead atoms. The minimum Gasteiger partial charge on any atom is -0.378 e. The Balaban J connectivity index is 1.53. The lowest BCUT2D eigenvalue weighted by Crippen LogP contribution is -2.47. The first-order chi connectivity index (χ1) is 12.6. The highest BCUT2D eigenvalue weighted by Gasteiger charge is 2.38. The molecule has 4 fully saturated rings. The highest BCUT2D eigenvalue weighted by atomic mass is 16.5. The maximum atomic E-state index is 13.2. The van der Waals surface area contributed by atoms with Crippen molar-refractivity contribution in [2.45, 2.75) is 25.8 Å². The quantitative estimate of drug-likeness (QED) is 0.807. The smallest absolute Gasteiger partial charge is 0.254 e. The maximum absolute atomic E-state index is 13.2. The SMILES string of the molecule is CC(=O)N1C[C@H]2CC[C@@H](C1)N(C(=O)c1cccc(N3CCOCC3)c1)C2. The molecule has 0 aromatic heterocycles. The second-order valence-electron chi connectivity index (χ2n) is 7.63. The molecule has 0 unspecified atom stereocenters. The molecule has 5 rings (SSSR count). The molecule has 4 aliphatic heterocycles. The number of fused-ring (bicyclic) bond motifs is 4. The Morgan fingerprint density at radius 2 is 1.88 bits per heavy atom. The van der Waals surface area contributed by atoms with E-state index < -0.39 is 0 Å². The number of anilines is 1. The van der Waals surface area contributed by atoms with Gasteiger partial charge in [-0.25, -0.2) is 0 Å². The Hall–Kier alpha value is -2.08. The highest BCUT2D eigenvalue weighted by molar-refractivity contribution is 5.95. The minimum absolute atomic E-state index is 0.0974. The number of nitrogens with zero attached hydrogens (tertiary/aromatic N) is 3. The van der Waals surface area contributed by atoms with E-state index in [9.17, 15) is 9.59 Å². The Bertz CT molecular complexity index is 687. The van der Waals surface area contributed by atoms with Crippen molar-refractivity contribution < 1.29 is 14.3 Å². The number of hydrogen-bond acceptors (Lipinski definition) is 4. The number of carbonyl (C=O) groups excluding carboxylic acids is 2. The number of hydrogen-bond donors (Lipinski definition) is 0. The number of amides is 2. The van der Waals surface area contributed by atoms with E-state index in [1.165, 1.54) is 0 Å². The van der Waals surface area contributed by atoms with Crippen LogP contribution in [-0.2, 0) is 9.53 Å². The van der Waals surface area contributed by atoms with Gasteiger partial charge in [0.2, 0.25) is 5.91 Å². The topological polar surface area (TPSA) is 53.1 Å². The third-order valence-corrected chi connectivity index (χ3v) is 5.89. The van der Waals surface area contributed by atoms with Crippen molar-refractivity contribution in [1.82, 2.24) is 9.80 Å². The van der Waals surface area contributed by atoms with Crippen molar-refractivity contribution in [3.63, 3.8) is 0 Å². The average molecular weight is 357 g/mol. The van der Waals surface area contributed by atoms with Crippen LogP contribution in [0.3, 0.4) is 0 Å². The summed E-state index contributed by atoms with van der Waals surface area (Å²) in [6.07, 6.45) is 2.09. The Morgan fingerprint density at radius 1 is 1.08 bits per heavy atom. The van der Waals surface area contributed by atoms with Gasteiger partial charge in [-0.3, -0.25) is 9.59 Å². The zero-order valence-corrected chi connectivity index (χ0v) is 15.4. The van der Waals surface area contributed by atoms with Crippen LogP contribution in [-0.4, -0.2) is 73.6 Å². The number of morpholine rings is 1. The number of benzene rings is 1. The van der Waals surface area contributed by atoms with Crippen LogP contribution < -0.4 is 4.90 Å². The molecular weight excluding hydrogens is 330 g/mol. The third-order valence-electron chi connectivity index (χ3n) is 5.89. The Labute approximate surface area is 154 Å². The summed E-state index contributed by atoms with van der Waals surface area (Å²) in [6, 6.07) is 8.09. The van der Waals surface area contributed by atoms with E-state index in [0.717, 1.165) is 63.5 Å². The molecule has 2 atom stereocenters. The Morgan fingerprint density at radius 3 is 2.65 bits per heavy atom. The van der Waals surface area contributed by atoms with Crippen LogP contribution >= 0.6 is 0 Å². The molecule has 0 radical (unpaired) electrons. The molecule has 1 aromatic rings. The van der Waals surface area contributed by atoms with E-state index in [-0.39, 0.29) is 17.9 Å². The first-order valence-electron chi connectivity index (χ1n) is 9.61. The van der Waals surface area contributed by atoms with Gasteiger partial charge in [-0.05, 0) is 37.0 Å². The van der Waals surface area contributed by atoms with Crippen molar-refractivity contribution in [3.05, 3.63) is 29.8 Å². The lowest BCUT2D eigenvalue weighted by atomic mass is 9.94. The summed E-state index contributed by atoms with van der Waals surface area (Å²) >= 11 is 0.